The lowest BCUT2D eigenvalue weighted by atomic mass is 10.1. The van der Waals surface area contributed by atoms with Gasteiger partial charge >= 0.3 is 0 Å². The van der Waals surface area contributed by atoms with E-state index in [0.29, 0.717) is 0 Å². The van der Waals surface area contributed by atoms with Crippen LogP contribution in [0.1, 0.15) is 5.56 Å². The van der Waals surface area contributed by atoms with Crippen LogP contribution in [0, 0.1) is 52.6 Å². The van der Waals surface area contributed by atoms with E-state index >= 15 is 0 Å². The molecule has 0 aliphatic heterocycles. The summed E-state index contributed by atoms with van der Waals surface area (Å²) < 4.78 is 27.0. The van der Waals surface area contributed by atoms with Gasteiger partial charge in [-0.2, -0.15) is 15.8 Å². The fourth-order valence-corrected chi connectivity index (χ4v) is 1.18. The Morgan fingerprint density at radius 3 is 2.22 bits per heavy atom. The summed E-state index contributed by atoms with van der Waals surface area (Å²) in [7, 11) is 0. The highest BCUT2D eigenvalue weighted by atomic mass is 19.1. The van der Waals surface area contributed by atoms with Gasteiger partial charge in [-0.3, -0.25) is 0 Å². The van der Waals surface area contributed by atoms with E-state index in [1.54, 1.807) is 0 Å². The molecule has 4 nitrogen and oxygen atoms in total. The monoisotopic (exact) mass is 244 g/mol. The zero-order valence-electron chi connectivity index (χ0n) is 9.25. The molecule has 0 aliphatic carbocycles. The highest BCUT2D eigenvalue weighted by Gasteiger charge is 2.14. The number of nitriles is 3. The Morgan fingerprint density at radius 1 is 1.11 bits per heavy atom. The third kappa shape index (κ3) is 2.42. The highest BCUT2D eigenvalue weighted by molar-refractivity contribution is 5.60. The standard InChI is InChI=1S/C12H6F2N4/c1-7-2-3-9(13)12(11(7)14)18-10(6-17)8(4-15)5-16/h2-3,18H,1H3. The van der Waals surface area contributed by atoms with Crippen molar-refractivity contribution in [3.05, 3.63) is 40.6 Å². The number of hydrogen-bond donors (Lipinski definition) is 1. The normalized spacial score (nSPS) is 8.67. The molecule has 0 amide bonds. The van der Waals surface area contributed by atoms with Gasteiger partial charge < -0.3 is 5.32 Å². The molecule has 1 rings (SSSR count). The first-order chi connectivity index (χ1) is 8.54. The minimum Gasteiger partial charge on any atom is -0.340 e. The van der Waals surface area contributed by atoms with Gasteiger partial charge in [0, 0.05) is 0 Å². The van der Waals surface area contributed by atoms with E-state index in [1.165, 1.54) is 31.2 Å². The number of aryl methyl sites for hydroxylation is 1. The van der Waals surface area contributed by atoms with Crippen LogP contribution in [0.25, 0.3) is 0 Å². The van der Waals surface area contributed by atoms with Gasteiger partial charge in [-0.05, 0) is 18.6 Å². The number of halogens is 2. The Kier molecular flexibility index (Phi) is 3.97. The number of hydrogen-bond acceptors (Lipinski definition) is 4. The number of nitrogens with zero attached hydrogens (tertiary/aromatic N) is 3. The predicted molar refractivity (Wildman–Crippen MR) is 58.6 cm³/mol. The first-order valence-electron chi connectivity index (χ1n) is 4.71. The molecule has 0 unspecified atom stereocenters. The molecule has 18 heavy (non-hydrogen) atoms. The molecular weight excluding hydrogens is 238 g/mol. The smallest absolute Gasteiger partial charge is 0.163 e. The van der Waals surface area contributed by atoms with Crippen molar-refractivity contribution in [2.45, 2.75) is 6.92 Å². The number of anilines is 1. The van der Waals surface area contributed by atoms with Crippen LogP contribution in [-0.4, -0.2) is 0 Å². The number of benzene rings is 1. The van der Waals surface area contributed by atoms with Crippen LogP contribution in [-0.2, 0) is 0 Å². The summed E-state index contributed by atoms with van der Waals surface area (Å²) in [6.45, 7) is 1.42. The maximum atomic E-state index is 13.6. The van der Waals surface area contributed by atoms with Gasteiger partial charge in [-0.15, -0.1) is 0 Å². The van der Waals surface area contributed by atoms with Crippen molar-refractivity contribution >= 4 is 5.69 Å². The van der Waals surface area contributed by atoms with Crippen LogP contribution in [0.2, 0.25) is 0 Å². The molecule has 0 radical (unpaired) electrons. The van der Waals surface area contributed by atoms with Crippen molar-refractivity contribution in [2.24, 2.45) is 0 Å². The van der Waals surface area contributed by atoms with Gasteiger partial charge in [0.05, 0.1) is 0 Å². The van der Waals surface area contributed by atoms with Crippen LogP contribution >= 0.6 is 0 Å². The van der Waals surface area contributed by atoms with Crippen molar-refractivity contribution < 1.29 is 8.78 Å². The molecule has 88 valence electrons. The Hall–Kier alpha value is -2.91. The molecular formula is C12H6F2N4. The van der Waals surface area contributed by atoms with Gasteiger partial charge in [-0.25, -0.2) is 8.78 Å². The van der Waals surface area contributed by atoms with Crippen LogP contribution in [0.3, 0.4) is 0 Å². The number of rotatable bonds is 2. The second-order valence-electron chi connectivity index (χ2n) is 3.26. The third-order valence-corrected chi connectivity index (χ3v) is 2.12. The minimum atomic E-state index is -0.916. The maximum absolute atomic E-state index is 13.6. The average molecular weight is 244 g/mol. The molecule has 0 aliphatic rings. The van der Waals surface area contributed by atoms with E-state index in [0.717, 1.165) is 6.07 Å². The second-order valence-corrected chi connectivity index (χ2v) is 3.26. The molecule has 0 bridgehead atoms. The Bertz CT molecular complexity index is 626. The topological polar surface area (TPSA) is 83.4 Å². The van der Waals surface area contributed by atoms with E-state index in [4.69, 9.17) is 15.8 Å². The second kappa shape index (κ2) is 5.43. The Balaban J connectivity index is 3.34. The summed E-state index contributed by atoms with van der Waals surface area (Å²) in [5.41, 5.74) is -1.43. The fourth-order valence-electron chi connectivity index (χ4n) is 1.18. The SMILES string of the molecule is Cc1ccc(F)c(NC(C#N)=C(C#N)C#N)c1F. The van der Waals surface area contributed by atoms with Gasteiger partial charge in [0.1, 0.15) is 35.4 Å². The van der Waals surface area contributed by atoms with Crippen LogP contribution < -0.4 is 5.32 Å². The Labute approximate surface area is 102 Å². The van der Waals surface area contributed by atoms with Crippen molar-refractivity contribution in [2.75, 3.05) is 5.32 Å². The van der Waals surface area contributed by atoms with E-state index < -0.39 is 28.6 Å². The van der Waals surface area contributed by atoms with E-state index in [9.17, 15) is 8.78 Å². The molecule has 0 aromatic heterocycles. The largest absolute Gasteiger partial charge is 0.340 e. The molecule has 1 N–H and O–H groups in total. The zero-order valence-corrected chi connectivity index (χ0v) is 9.25. The third-order valence-electron chi connectivity index (χ3n) is 2.12. The summed E-state index contributed by atoms with van der Waals surface area (Å²) in [6.07, 6.45) is 0. The zero-order chi connectivity index (χ0) is 13.7. The van der Waals surface area contributed by atoms with Crippen molar-refractivity contribution in [3.8, 4) is 18.2 Å². The lowest BCUT2D eigenvalue weighted by Crippen LogP contribution is -2.05. The first kappa shape index (κ1) is 13.2. The summed E-state index contributed by atoms with van der Waals surface area (Å²) >= 11 is 0. The number of allylic oxidation sites excluding steroid dienone is 2. The fraction of sp³-hybridized carbons (Fsp3) is 0.0833. The maximum Gasteiger partial charge on any atom is 0.163 e. The molecule has 0 saturated heterocycles. The van der Waals surface area contributed by atoms with E-state index in [1.807, 2.05) is 0 Å². The quantitative estimate of drug-likeness (QED) is 0.810. The van der Waals surface area contributed by atoms with E-state index in [-0.39, 0.29) is 5.56 Å². The summed E-state index contributed by atoms with van der Waals surface area (Å²) in [5.74, 6) is -1.79. The van der Waals surface area contributed by atoms with E-state index in [2.05, 4.69) is 5.32 Å². The summed E-state index contributed by atoms with van der Waals surface area (Å²) in [6, 6.07) is 6.71. The lowest BCUT2D eigenvalue weighted by molar-refractivity contribution is 0.584. The van der Waals surface area contributed by atoms with Crippen LogP contribution in [0.15, 0.2) is 23.4 Å². The minimum absolute atomic E-state index is 0.173. The number of nitrogens with one attached hydrogen (secondary N) is 1. The molecule has 0 saturated carbocycles. The summed E-state index contributed by atoms with van der Waals surface area (Å²) in [4.78, 5) is 0. The molecule has 6 heteroatoms. The molecule has 0 heterocycles. The molecule has 0 spiro atoms. The van der Waals surface area contributed by atoms with Crippen LogP contribution in [0.5, 0.6) is 0 Å². The molecule has 0 fully saturated rings. The van der Waals surface area contributed by atoms with Gasteiger partial charge in [0.15, 0.2) is 11.4 Å². The van der Waals surface area contributed by atoms with Crippen molar-refractivity contribution in [1.29, 1.82) is 15.8 Å². The molecule has 1 aromatic carbocycles. The predicted octanol–water partition coefficient (Wildman–Crippen LogP) is 2.51. The molecule has 1 aromatic rings. The lowest BCUT2D eigenvalue weighted by Gasteiger charge is -2.08. The van der Waals surface area contributed by atoms with Gasteiger partial charge in [-0.1, -0.05) is 6.07 Å². The van der Waals surface area contributed by atoms with Crippen LogP contribution in [0.4, 0.5) is 14.5 Å². The molecule has 0 atom stereocenters. The highest BCUT2D eigenvalue weighted by Crippen LogP contribution is 2.23. The average Bonchev–Trinajstić information content (AvgIpc) is 2.38. The van der Waals surface area contributed by atoms with Crippen molar-refractivity contribution in [3.63, 3.8) is 0 Å². The van der Waals surface area contributed by atoms with Crippen molar-refractivity contribution in [1.82, 2.24) is 0 Å². The van der Waals surface area contributed by atoms with Gasteiger partial charge in [0.2, 0.25) is 0 Å². The van der Waals surface area contributed by atoms with Gasteiger partial charge in [0.25, 0.3) is 0 Å². The summed E-state index contributed by atoms with van der Waals surface area (Å²) in [5, 5.41) is 28.1. The Morgan fingerprint density at radius 2 is 1.72 bits per heavy atom. The first-order valence-corrected chi connectivity index (χ1v) is 4.71.